The Kier molecular flexibility index (Phi) is 7.09. The molecule has 1 fully saturated rings. The third-order valence-electron chi connectivity index (χ3n) is 4.77. The smallest absolute Gasteiger partial charge is 0.262 e. The highest BCUT2D eigenvalue weighted by Crippen LogP contribution is 2.33. The van der Waals surface area contributed by atoms with Crippen LogP contribution in [0.5, 0.6) is 11.5 Å². The third kappa shape index (κ3) is 5.07. The summed E-state index contributed by atoms with van der Waals surface area (Å²) in [6, 6.07) is 11.6. The number of benzene rings is 2. The molecule has 3 rings (SSSR count). The minimum atomic E-state index is -0.414. The van der Waals surface area contributed by atoms with Crippen LogP contribution < -0.4 is 14.8 Å². The highest BCUT2D eigenvalue weighted by Gasteiger charge is 2.18. The van der Waals surface area contributed by atoms with E-state index in [0.29, 0.717) is 31.1 Å². The average Bonchev–Trinajstić information content (AvgIpc) is 3.25. The summed E-state index contributed by atoms with van der Waals surface area (Å²) in [5, 5.41) is 14.2. The van der Waals surface area contributed by atoms with Crippen LogP contribution in [0.2, 0.25) is 0 Å². The molecule has 0 unspecified atom stereocenters. The van der Waals surface area contributed by atoms with Crippen molar-refractivity contribution in [3.8, 4) is 17.6 Å². The Morgan fingerprint density at radius 3 is 2.76 bits per heavy atom. The highest BCUT2D eigenvalue weighted by molar-refractivity contribution is 6.05. The summed E-state index contributed by atoms with van der Waals surface area (Å²) < 4.78 is 16.9. The van der Waals surface area contributed by atoms with Gasteiger partial charge in [0.05, 0.1) is 19.3 Å². The van der Waals surface area contributed by atoms with Gasteiger partial charge in [0, 0.05) is 18.7 Å². The first-order chi connectivity index (χ1) is 14.2. The van der Waals surface area contributed by atoms with Gasteiger partial charge < -0.3 is 19.5 Å². The maximum atomic E-state index is 12.6. The maximum Gasteiger partial charge on any atom is 0.262 e. The van der Waals surface area contributed by atoms with E-state index in [1.807, 2.05) is 50.2 Å². The molecule has 29 heavy (non-hydrogen) atoms. The van der Waals surface area contributed by atoms with Gasteiger partial charge in [-0.25, -0.2) is 0 Å². The molecule has 6 nitrogen and oxygen atoms in total. The van der Waals surface area contributed by atoms with Gasteiger partial charge in [-0.3, -0.25) is 4.79 Å². The van der Waals surface area contributed by atoms with Crippen LogP contribution in [0.4, 0.5) is 0 Å². The van der Waals surface area contributed by atoms with E-state index in [0.717, 1.165) is 36.0 Å². The number of nitrogens with one attached hydrogen (secondary N) is 1. The molecule has 0 saturated carbocycles. The number of carbonyl (C=O) groups excluding carboxylic acids is 1. The number of fused-ring (bicyclic) bond motifs is 1. The van der Waals surface area contributed by atoms with Crippen LogP contribution in [0.3, 0.4) is 0 Å². The van der Waals surface area contributed by atoms with Crippen molar-refractivity contribution in [1.29, 1.82) is 5.26 Å². The molecular weight excluding hydrogens is 368 g/mol. The van der Waals surface area contributed by atoms with Crippen LogP contribution in [-0.4, -0.2) is 38.4 Å². The van der Waals surface area contributed by atoms with E-state index in [1.165, 1.54) is 0 Å². The molecule has 1 amide bonds. The summed E-state index contributed by atoms with van der Waals surface area (Å²) >= 11 is 0. The minimum absolute atomic E-state index is 0.0178. The molecule has 0 aromatic heterocycles. The van der Waals surface area contributed by atoms with Gasteiger partial charge in [0.1, 0.15) is 23.1 Å². The average molecular weight is 394 g/mol. The maximum absolute atomic E-state index is 12.6. The van der Waals surface area contributed by atoms with Crippen LogP contribution >= 0.6 is 0 Å². The Labute approximate surface area is 171 Å². The number of hydrogen-bond acceptors (Lipinski definition) is 5. The molecule has 0 radical (unpaired) electrons. The van der Waals surface area contributed by atoms with Crippen molar-refractivity contribution in [3.05, 3.63) is 41.5 Å². The van der Waals surface area contributed by atoms with E-state index < -0.39 is 5.91 Å². The first-order valence-electron chi connectivity index (χ1n) is 10.00. The molecule has 152 valence electrons. The van der Waals surface area contributed by atoms with Gasteiger partial charge in [-0.2, -0.15) is 5.26 Å². The van der Waals surface area contributed by atoms with Gasteiger partial charge in [-0.05, 0) is 61.7 Å². The Balaban J connectivity index is 1.97. The molecule has 6 heteroatoms. The fraction of sp³-hybridized carbons (Fsp3) is 0.391. The van der Waals surface area contributed by atoms with Gasteiger partial charge in [-0.15, -0.1) is 0 Å². The molecular formula is C23H26N2O4. The lowest BCUT2D eigenvalue weighted by atomic mass is 10.0. The predicted octanol–water partition coefficient (Wildman–Crippen LogP) is 3.84. The van der Waals surface area contributed by atoms with E-state index in [1.54, 1.807) is 6.08 Å². The number of ether oxygens (including phenoxy) is 3. The summed E-state index contributed by atoms with van der Waals surface area (Å²) in [5.74, 6) is 0.932. The second-order valence-corrected chi connectivity index (χ2v) is 6.74. The highest BCUT2D eigenvalue weighted by atomic mass is 16.5. The number of carbonyl (C=O) groups is 1. The third-order valence-corrected chi connectivity index (χ3v) is 4.77. The van der Waals surface area contributed by atoms with Crippen LogP contribution in [0.15, 0.2) is 35.9 Å². The zero-order valence-corrected chi connectivity index (χ0v) is 16.9. The Morgan fingerprint density at radius 1 is 1.28 bits per heavy atom. The first kappa shape index (κ1) is 20.7. The standard InChI is InChI=1S/C23H26N2O4/c1-3-27-18-9-7-16-8-10-22(28-4-2)21(20(16)13-18)12-17(14-24)23(26)25-15-19-6-5-11-29-19/h7-10,12-13,19H,3-6,11,15H2,1-2H3,(H,25,26)/b17-12+/t19-/m1/s1. The molecule has 2 aromatic rings. The SMILES string of the molecule is CCOc1ccc2ccc(OCC)c(/C=C(\C#N)C(=O)NC[C@H]3CCCO3)c2c1. The van der Waals surface area contributed by atoms with Gasteiger partial charge in [0.15, 0.2) is 0 Å². The lowest BCUT2D eigenvalue weighted by molar-refractivity contribution is -0.117. The van der Waals surface area contributed by atoms with Crippen molar-refractivity contribution < 1.29 is 19.0 Å². The fourth-order valence-electron chi connectivity index (χ4n) is 3.39. The minimum Gasteiger partial charge on any atom is -0.494 e. The summed E-state index contributed by atoms with van der Waals surface area (Å²) in [4.78, 5) is 12.6. The van der Waals surface area contributed by atoms with E-state index in [2.05, 4.69) is 5.32 Å². The zero-order valence-electron chi connectivity index (χ0n) is 16.9. The Bertz CT molecular complexity index is 935. The summed E-state index contributed by atoms with van der Waals surface area (Å²) in [5.41, 5.74) is 0.716. The molecule has 1 N–H and O–H groups in total. The Hall–Kier alpha value is -3.04. The fourth-order valence-corrected chi connectivity index (χ4v) is 3.39. The van der Waals surface area contributed by atoms with Crippen molar-refractivity contribution in [2.24, 2.45) is 0 Å². The van der Waals surface area contributed by atoms with Gasteiger partial charge in [0.2, 0.25) is 0 Å². The number of rotatable bonds is 8. The number of amides is 1. The number of nitrogens with zero attached hydrogens (tertiary/aromatic N) is 1. The number of nitriles is 1. The molecule has 0 aliphatic carbocycles. The lowest BCUT2D eigenvalue weighted by Gasteiger charge is -2.13. The van der Waals surface area contributed by atoms with Crippen molar-refractivity contribution in [3.63, 3.8) is 0 Å². The largest absolute Gasteiger partial charge is 0.494 e. The molecule has 0 spiro atoms. The van der Waals surface area contributed by atoms with Crippen LogP contribution in [0.25, 0.3) is 16.8 Å². The van der Waals surface area contributed by atoms with E-state index >= 15 is 0 Å². The summed E-state index contributed by atoms with van der Waals surface area (Å²) in [7, 11) is 0. The Morgan fingerprint density at radius 2 is 2.07 bits per heavy atom. The van der Waals surface area contributed by atoms with Gasteiger partial charge in [-0.1, -0.05) is 12.1 Å². The van der Waals surface area contributed by atoms with Gasteiger partial charge >= 0.3 is 0 Å². The van der Waals surface area contributed by atoms with E-state index in [4.69, 9.17) is 14.2 Å². The topological polar surface area (TPSA) is 80.6 Å². The monoisotopic (exact) mass is 394 g/mol. The molecule has 2 aromatic carbocycles. The molecule has 0 bridgehead atoms. The van der Waals surface area contributed by atoms with Gasteiger partial charge in [0.25, 0.3) is 5.91 Å². The van der Waals surface area contributed by atoms with Crippen LogP contribution in [0.1, 0.15) is 32.3 Å². The zero-order chi connectivity index (χ0) is 20.6. The van der Waals surface area contributed by atoms with Crippen molar-refractivity contribution in [2.45, 2.75) is 32.8 Å². The summed E-state index contributed by atoms with van der Waals surface area (Å²) in [6.07, 6.45) is 3.53. The molecule has 1 aliphatic rings. The quantitative estimate of drug-likeness (QED) is 0.543. The molecule has 1 aliphatic heterocycles. The van der Waals surface area contributed by atoms with E-state index in [-0.39, 0.29) is 11.7 Å². The normalized spacial score (nSPS) is 16.4. The number of hydrogen-bond donors (Lipinski definition) is 1. The molecule has 1 heterocycles. The first-order valence-corrected chi connectivity index (χ1v) is 10.00. The van der Waals surface area contributed by atoms with Crippen molar-refractivity contribution in [1.82, 2.24) is 5.32 Å². The molecule has 1 atom stereocenters. The second-order valence-electron chi connectivity index (χ2n) is 6.74. The van der Waals surface area contributed by atoms with E-state index in [9.17, 15) is 10.1 Å². The van der Waals surface area contributed by atoms with Crippen LogP contribution in [-0.2, 0) is 9.53 Å². The molecule has 1 saturated heterocycles. The summed E-state index contributed by atoms with van der Waals surface area (Å²) in [6.45, 7) is 5.97. The van der Waals surface area contributed by atoms with Crippen molar-refractivity contribution in [2.75, 3.05) is 26.4 Å². The predicted molar refractivity (Wildman–Crippen MR) is 112 cm³/mol. The second kappa shape index (κ2) is 9.94. The lowest BCUT2D eigenvalue weighted by Crippen LogP contribution is -2.32. The van der Waals surface area contributed by atoms with Crippen LogP contribution in [0, 0.1) is 11.3 Å². The van der Waals surface area contributed by atoms with Crippen molar-refractivity contribution >= 4 is 22.8 Å².